The lowest BCUT2D eigenvalue weighted by molar-refractivity contribution is 0.0408. The molecule has 1 aromatic heterocycles. The Morgan fingerprint density at radius 2 is 1.80 bits per heavy atom. The van der Waals surface area contributed by atoms with Crippen LogP contribution in [0.2, 0.25) is 0 Å². The Kier molecular flexibility index (Phi) is 4.68. The van der Waals surface area contributed by atoms with E-state index in [0.29, 0.717) is 13.1 Å². The van der Waals surface area contributed by atoms with Crippen LogP contribution in [0.15, 0.2) is 45.3 Å². The molecule has 0 atom stereocenters. The van der Waals surface area contributed by atoms with E-state index < -0.39 is 5.60 Å². The molecule has 2 aromatic rings. The van der Waals surface area contributed by atoms with Crippen molar-refractivity contribution in [3.05, 3.63) is 46.6 Å². The molecule has 0 aliphatic carbocycles. The highest BCUT2D eigenvalue weighted by Crippen LogP contribution is 2.24. The van der Waals surface area contributed by atoms with Gasteiger partial charge in [0, 0.05) is 16.6 Å². The zero-order valence-corrected chi connectivity index (χ0v) is 13.6. The number of aliphatic hydroxyl groups is 1. The number of furan rings is 1. The van der Waals surface area contributed by atoms with Gasteiger partial charge in [-0.05, 0) is 45.2 Å². The lowest BCUT2D eigenvalue weighted by Crippen LogP contribution is -2.35. The van der Waals surface area contributed by atoms with Crippen LogP contribution in [0.1, 0.15) is 19.6 Å². The van der Waals surface area contributed by atoms with Crippen LogP contribution in [-0.2, 0) is 6.54 Å². The number of nitrogens with zero attached hydrogens (tertiary/aromatic N) is 1. The summed E-state index contributed by atoms with van der Waals surface area (Å²) in [5, 5.41) is 9.80. The summed E-state index contributed by atoms with van der Waals surface area (Å²) in [4.78, 5) is 2.05. The van der Waals surface area contributed by atoms with Gasteiger partial charge in [0.2, 0.25) is 0 Å². The van der Waals surface area contributed by atoms with Crippen LogP contribution in [0.25, 0.3) is 11.3 Å². The highest BCUT2D eigenvalue weighted by molar-refractivity contribution is 9.10. The molecule has 20 heavy (non-hydrogen) atoms. The average molecular weight is 338 g/mol. The first-order valence-electron chi connectivity index (χ1n) is 6.59. The number of rotatable bonds is 5. The maximum absolute atomic E-state index is 9.80. The fourth-order valence-corrected chi connectivity index (χ4v) is 2.48. The Labute approximate surface area is 128 Å². The predicted octanol–water partition coefficient (Wildman–Crippen LogP) is 3.91. The van der Waals surface area contributed by atoms with E-state index in [9.17, 15) is 5.11 Å². The van der Waals surface area contributed by atoms with Gasteiger partial charge in [-0.25, -0.2) is 0 Å². The summed E-state index contributed by atoms with van der Waals surface area (Å²) in [6.07, 6.45) is 0. The summed E-state index contributed by atoms with van der Waals surface area (Å²) in [7, 11) is 1.97. The SMILES string of the molecule is CN(Cc1ccc(-c2ccc(Br)cc2)o1)CC(C)(C)O. The minimum Gasteiger partial charge on any atom is -0.460 e. The zero-order valence-electron chi connectivity index (χ0n) is 12.1. The third kappa shape index (κ3) is 4.47. The molecule has 1 heterocycles. The summed E-state index contributed by atoms with van der Waals surface area (Å²) in [6.45, 7) is 4.89. The van der Waals surface area contributed by atoms with Gasteiger partial charge in [-0.2, -0.15) is 0 Å². The fourth-order valence-electron chi connectivity index (χ4n) is 2.21. The van der Waals surface area contributed by atoms with Crippen LogP contribution in [0.5, 0.6) is 0 Å². The second-order valence-electron chi connectivity index (χ2n) is 5.76. The van der Waals surface area contributed by atoms with Crippen molar-refractivity contribution < 1.29 is 9.52 Å². The molecule has 0 fully saturated rings. The van der Waals surface area contributed by atoms with E-state index in [-0.39, 0.29) is 0 Å². The maximum Gasteiger partial charge on any atom is 0.134 e. The Morgan fingerprint density at radius 3 is 2.40 bits per heavy atom. The molecule has 0 aliphatic rings. The Bertz CT molecular complexity index is 555. The standard InChI is InChI=1S/C16H20BrNO2/c1-16(2,19)11-18(3)10-14-8-9-15(20-14)12-4-6-13(17)7-5-12/h4-9,19H,10-11H2,1-3H3. The molecule has 0 saturated heterocycles. The first-order chi connectivity index (χ1) is 9.33. The monoisotopic (exact) mass is 337 g/mol. The quantitative estimate of drug-likeness (QED) is 0.898. The van der Waals surface area contributed by atoms with Gasteiger partial charge in [0.1, 0.15) is 11.5 Å². The van der Waals surface area contributed by atoms with Crippen LogP contribution < -0.4 is 0 Å². The Morgan fingerprint density at radius 1 is 1.15 bits per heavy atom. The number of halogens is 1. The van der Waals surface area contributed by atoms with E-state index in [0.717, 1.165) is 21.6 Å². The minimum absolute atomic E-state index is 0.599. The maximum atomic E-state index is 9.80. The van der Waals surface area contributed by atoms with Crippen LogP contribution in [0.3, 0.4) is 0 Å². The molecule has 0 bridgehead atoms. The molecule has 108 valence electrons. The first kappa shape index (κ1) is 15.3. The molecule has 0 amide bonds. The average Bonchev–Trinajstić information content (AvgIpc) is 2.75. The molecular formula is C16H20BrNO2. The largest absolute Gasteiger partial charge is 0.460 e. The van der Waals surface area contributed by atoms with Gasteiger partial charge in [0.25, 0.3) is 0 Å². The molecule has 0 radical (unpaired) electrons. The number of likely N-dealkylation sites (N-methyl/N-ethyl adjacent to an activating group) is 1. The molecule has 0 unspecified atom stereocenters. The smallest absolute Gasteiger partial charge is 0.134 e. The Balaban J connectivity index is 2.04. The van der Waals surface area contributed by atoms with Gasteiger partial charge in [-0.3, -0.25) is 4.90 Å². The Hall–Kier alpha value is -1.10. The van der Waals surface area contributed by atoms with Gasteiger partial charge >= 0.3 is 0 Å². The van der Waals surface area contributed by atoms with Gasteiger partial charge in [-0.1, -0.05) is 28.1 Å². The van der Waals surface area contributed by atoms with E-state index in [1.54, 1.807) is 13.8 Å². The van der Waals surface area contributed by atoms with E-state index >= 15 is 0 Å². The third-order valence-corrected chi connectivity index (χ3v) is 3.40. The van der Waals surface area contributed by atoms with Gasteiger partial charge in [-0.15, -0.1) is 0 Å². The van der Waals surface area contributed by atoms with Gasteiger partial charge in [0.15, 0.2) is 0 Å². The topological polar surface area (TPSA) is 36.6 Å². The highest BCUT2D eigenvalue weighted by Gasteiger charge is 2.16. The zero-order chi connectivity index (χ0) is 14.8. The number of hydrogen-bond acceptors (Lipinski definition) is 3. The predicted molar refractivity (Wildman–Crippen MR) is 84.5 cm³/mol. The lowest BCUT2D eigenvalue weighted by Gasteiger charge is -2.24. The van der Waals surface area contributed by atoms with Crippen LogP contribution >= 0.6 is 15.9 Å². The molecule has 0 aliphatic heterocycles. The summed E-state index contributed by atoms with van der Waals surface area (Å²) >= 11 is 3.42. The molecule has 0 saturated carbocycles. The third-order valence-electron chi connectivity index (χ3n) is 2.87. The second-order valence-corrected chi connectivity index (χ2v) is 6.67. The van der Waals surface area contributed by atoms with Gasteiger partial charge < -0.3 is 9.52 Å². The molecule has 1 N–H and O–H groups in total. The van der Waals surface area contributed by atoms with Crippen molar-refractivity contribution in [2.45, 2.75) is 26.0 Å². The summed E-state index contributed by atoms with van der Waals surface area (Å²) < 4.78 is 6.91. The number of benzene rings is 1. The van der Waals surface area contributed by atoms with Crippen molar-refractivity contribution in [3.8, 4) is 11.3 Å². The lowest BCUT2D eigenvalue weighted by atomic mass is 10.1. The highest BCUT2D eigenvalue weighted by atomic mass is 79.9. The second kappa shape index (κ2) is 6.12. The van der Waals surface area contributed by atoms with E-state index in [4.69, 9.17) is 4.42 Å². The normalized spacial score (nSPS) is 12.1. The van der Waals surface area contributed by atoms with E-state index in [2.05, 4.69) is 15.9 Å². The van der Waals surface area contributed by atoms with Crippen LogP contribution in [0.4, 0.5) is 0 Å². The summed E-state index contributed by atoms with van der Waals surface area (Å²) in [5.74, 6) is 1.76. The van der Waals surface area contributed by atoms with Crippen LogP contribution in [-0.4, -0.2) is 29.2 Å². The van der Waals surface area contributed by atoms with Gasteiger partial charge in [0.05, 0.1) is 12.1 Å². The molecule has 0 spiro atoms. The van der Waals surface area contributed by atoms with Crippen molar-refractivity contribution in [2.24, 2.45) is 0 Å². The molecular weight excluding hydrogens is 318 g/mol. The summed E-state index contributed by atoms with van der Waals surface area (Å²) in [5.41, 5.74) is 0.361. The van der Waals surface area contributed by atoms with E-state index in [1.165, 1.54) is 0 Å². The van der Waals surface area contributed by atoms with Crippen molar-refractivity contribution in [3.63, 3.8) is 0 Å². The molecule has 3 nitrogen and oxygen atoms in total. The fraction of sp³-hybridized carbons (Fsp3) is 0.375. The van der Waals surface area contributed by atoms with Crippen molar-refractivity contribution in [1.29, 1.82) is 0 Å². The minimum atomic E-state index is -0.699. The van der Waals surface area contributed by atoms with Crippen molar-refractivity contribution >= 4 is 15.9 Å². The molecule has 4 heteroatoms. The van der Waals surface area contributed by atoms with E-state index in [1.807, 2.05) is 48.3 Å². The van der Waals surface area contributed by atoms with Crippen molar-refractivity contribution in [2.75, 3.05) is 13.6 Å². The molecule has 1 aromatic carbocycles. The first-order valence-corrected chi connectivity index (χ1v) is 7.38. The summed E-state index contributed by atoms with van der Waals surface area (Å²) in [6, 6.07) is 12.0. The molecule has 2 rings (SSSR count). The van der Waals surface area contributed by atoms with Crippen LogP contribution in [0, 0.1) is 0 Å². The van der Waals surface area contributed by atoms with Crippen molar-refractivity contribution in [1.82, 2.24) is 4.90 Å². The number of hydrogen-bond donors (Lipinski definition) is 1.